The van der Waals surface area contributed by atoms with Crippen LogP contribution < -0.4 is 19.7 Å². The quantitative estimate of drug-likeness (QED) is 0.303. The molecular formula is C25H20N2O7S. The normalized spacial score (nSPS) is 14.8. The molecule has 2 aromatic carbocycles. The molecule has 2 amide bonds. The summed E-state index contributed by atoms with van der Waals surface area (Å²) in [5, 5.41) is 11.7. The van der Waals surface area contributed by atoms with Crippen LogP contribution >= 0.6 is 12.2 Å². The monoisotopic (exact) mass is 492 g/mol. The van der Waals surface area contributed by atoms with Gasteiger partial charge in [-0.2, -0.15) is 0 Å². The van der Waals surface area contributed by atoms with E-state index in [1.54, 1.807) is 36.4 Å². The van der Waals surface area contributed by atoms with Gasteiger partial charge in [-0.1, -0.05) is 6.07 Å². The first-order valence-corrected chi connectivity index (χ1v) is 10.7. The zero-order valence-corrected chi connectivity index (χ0v) is 19.8. The van der Waals surface area contributed by atoms with Crippen LogP contribution in [0.3, 0.4) is 0 Å². The maximum Gasteiger partial charge on any atom is 0.335 e. The highest BCUT2D eigenvalue weighted by molar-refractivity contribution is 7.80. The van der Waals surface area contributed by atoms with Gasteiger partial charge in [-0.05, 0) is 67.2 Å². The maximum atomic E-state index is 13.3. The Labute approximate surface area is 205 Å². The van der Waals surface area contributed by atoms with Gasteiger partial charge in [0.05, 0.1) is 25.5 Å². The molecule has 3 aromatic rings. The molecule has 4 rings (SSSR count). The molecule has 1 aliphatic heterocycles. The number of carboxylic acid groups (broad SMARTS) is 1. The van der Waals surface area contributed by atoms with Crippen LogP contribution in [0.15, 0.2) is 58.5 Å². The third kappa shape index (κ3) is 4.51. The smallest absolute Gasteiger partial charge is 0.335 e. The molecule has 10 heteroatoms. The van der Waals surface area contributed by atoms with E-state index in [1.165, 1.54) is 32.4 Å². The van der Waals surface area contributed by atoms with Gasteiger partial charge < -0.3 is 19.0 Å². The van der Waals surface area contributed by atoms with E-state index in [9.17, 15) is 19.5 Å². The highest BCUT2D eigenvalue weighted by atomic mass is 32.1. The number of benzene rings is 2. The predicted octanol–water partition coefficient (Wildman–Crippen LogP) is 3.80. The highest BCUT2D eigenvalue weighted by Gasteiger charge is 2.36. The number of rotatable bonds is 6. The van der Waals surface area contributed by atoms with Crippen LogP contribution in [0.1, 0.15) is 21.7 Å². The molecule has 0 spiro atoms. The van der Waals surface area contributed by atoms with Crippen molar-refractivity contribution in [1.29, 1.82) is 0 Å². The number of ether oxygens (including phenoxy) is 2. The van der Waals surface area contributed by atoms with Crippen molar-refractivity contribution in [2.45, 2.75) is 6.92 Å². The van der Waals surface area contributed by atoms with Crippen LogP contribution in [0.2, 0.25) is 0 Å². The molecule has 0 aliphatic carbocycles. The van der Waals surface area contributed by atoms with Crippen LogP contribution in [0.25, 0.3) is 17.4 Å². The van der Waals surface area contributed by atoms with E-state index in [-0.39, 0.29) is 22.0 Å². The summed E-state index contributed by atoms with van der Waals surface area (Å²) in [5.74, 6) is -0.932. The molecule has 0 radical (unpaired) electrons. The molecule has 0 unspecified atom stereocenters. The van der Waals surface area contributed by atoms with E-state index in [0.29, 0.717) is 28.5 Å². The fraction of sp³-hybridized carbons (Fsp3) is 0.120. The molecule has 0 saturated carbocycles. The Morgan fingerprint density at radius 1 is 1.09 bits per heavy atom. The summed E-state index contributed by atoms with van der Waals surface area (Å²) >= 11 is 5.25. The number of carbonyl (C=O) groups is 3. The van der Waals surface area contributed by atoms with Crippen molar-refractivity contribution in [3.8, 4) is 22.8 Å². The number of carbonyl (C=O) groups excluding carboxylic acids is 2. The fourth-order valence-electron chi connectivity index (χ4n) is 3.58. The number of aromatic carboxylic acids is 1. The van der Waals surface area contributed by atoms with Crippen LogP contribution in [0, 0.1) is 6.92 Å². The number of furan rings is 1. The number of thiocarbonyl (C=S) groups is 1. The van der Waals surface area contributed by atoms with Gasteiger partial charge in [0.25, 0.3) is 11.8 Å². The lowest BCUT2D eigenvalue weighted by Gasteiger charge is -2.29. The minimum absolute atomic E-state index is 0.0955. The summed E-state index contributed by atoms with van der Waals surface area (Å²) in [6.45, 7) is 1.82. The molecular weight excluding hydrogens is 472 g/mol. The Morgan fingerprint density at radius 2 is 1.86 bits per heavy atom. The maximum absolute atomic E-state index is 13.3. The Hall–Kier alpha value is -4.44. The van der Waals surface area contributed by atoms with Crippen molar-refractivity contribution < 1.29 is 33.4 Å². The van der Waals surface area contributed by atoms with Crippen molar-refractivity contribution in [1.82, 2.24) is 5.32 Å². The number of nitrogens with one attached hydrogen (secondary N) is 1. The number of carboxylic acids is 1. The topological polar surface area (TPSA) is 118 Å². The third-order valence-electron chi connectivity index (χ3n) is 5.39. The number of anilines is 1. The Kier molecular flexibility index (Phi) is 6.39. The average molecular weight is 493 g/mol. The number of methoxy groups -OCH3 is 2. The minimum Gasteiger partial charge on any atom is -0.497 e. The standard InChI is InChI=1S/C25H20N2O7S/c1-13-4-5-14(24(30)31)10-17(13)20-9-7-16(34-20)11-18-22(28)26-25(35)27(23(18)29)19-8-6-15(32-2)12-21(19)33-3/h4-12H,1-3H3,(H,30,31)(H,26,28,35). The van der Waals surface area contributed by atoms with Gasteiger partial charge in [0, 0.05) is 11.6 Å². The molecule has 178 valence electrons. The van der Waals surface area contributed by atoms with Crippen molar-refractivity contribution in [3.63, 3.8) is 0 Å². The number of hydrogen-bond donors (Lipinski definition) is 2. The SMILES string of the molecule is COc1ccc(N2C(=O)C(=Cc3ccc(-c4cc(C(=O)O)ccc4C)o3)C(=O)NC2=S)c(OC)c1. The van der Waals surface area contributed by atoms with Gasteiger partial charge >= 0.3 is 5.97 Å². The summed E-state index contributed by atoms with van der Waals surface area (Å²) in [4.78, 5) is 38.5. The fourth-order valence-corrected chi connectivity index (χ4v) is 3.86. The van der Waals surface area contributed by atoms with Gasteiger partial charge in [-0.3, -0.25) is 14.9 Å². The van der Waals surface area contributed by atoms with Gasteiger partial charge in [-0.25, -0.2) is 9.69 Å². The number of hydrogen-bond acceptors (Lipinski definition) is 7. The van der Waals surface area contributed by atoms with Crippen molar-refractivity contribution in [2.75, 3.05) is 19.1 Å². The molecule has 0 atom stereocenters. The van der Waals surface area contributed by atoms with Crippen LogP contribution in [0.5, 0.6) is 11.5 Å². The molecule has 0 bridgehead atoms. The molecule has 1 saturated heterocycles. The van der Waals surface area contributed by atoms with Crippen molar-refractivity contribution in [3.05, 3.63) is 71.0 Å². The van der Waals surface area contributed by atoms with Gasteiger partial charge in [0.1, 0.15) is 28.6 Å². The lowest BCUT2D eigenvalue weighted by molar-refractivity contribution is -0.122. The predicted molar refractivity (Wildman–Crippen MR) is 132 cm³/mol. The molecule has 1 aliphatic rings. The second kappa shape index (κ2) is 9.43. The Balaban J connectivity index is 1.71. The van der Waals surface area contributed by atoms with E-state index in [2.05, 4.69) is 5.32 Å². The molecule has 2 heterocycles. The lowest BCUT2D eigenvalue weighted by atomic mass is 10.0. The number of aryl methyl sites for hydroxylation is 1. The number of nitrogens with zero attached hydrogens (tertiary/aromatic N) is 1. The Morgan fingerprint density at radius 3 is 2.54 bits per heavy atom. The summed E-state index contributed by atoms with van der Waals surface area (Å²) in [7, 11) is 2.94. The molecule has 9 nitrogen and oxygen atoms in total. The molecule has 35 heavy (non-hydrogen) atoms. The summed E-state index contributed by atoms with van der Waals surface area (Å²) < 4.78 is 16.4. The zero-order chi connectivity index (χ0) is 25.3. The van der Waals surface area contributed by atoms with Crippen LogP contribution in [-0.4, -0.2) is 42.2 Å². The molecule has 1 aromatic heterocycles. The van der Waals surface area contributed by atoms with E-state index < -0.39 is 17.8 Å². The summed E-state index contributed by atoms with van der Waals surface area (Å²) in [6, 6.07) is 12.7. The third-order valence-corrected chi connectivity index (χ3v) is 5.68. The summed E-state index contributed by atoms with van der Waals surface area (Å²) in [5.41, 5.74) is 1.63. The first-order chi connectivity index (χ1) is 16.7. The first kappa shape index (κ1) is 23.7. The van der Waals surface area contributed by atoms with Crippen LogP contribution in [-0.2, 0) is 9.59 Å². The van der Waals surface area contributed by atoms with Crippen LogP contribution in [0.4, 0.5) is 5.69 Å². The summed E-state index contributed by atoms with van der Waals surface area (Å²) in [6.07, 6.45) is 1.31. The zero-order valence-electron chi connectivity index (χ0n) is 18.9. The molecule has 2 N–H and O–H groups in total. The first-order valence-electron chi connectivity index (χ1n) is 10.3. The van der Waals surface area contributed by atoms with Gasteiger partial charge in [-0.15, -0.1) is 0 Å². The van der Waals surface area contributed by atoms with Gasteiger partial charge in [0.2, 0.25) is 0 Å². The highest BCUT2D eigenvalue weighted by Crippen LogP contribution is 2.35. The van der Waals surface area contributed by atoms with Crippen molar-refractivity contribution >= 4 is 46.9 Å². The van der Waals surface area contributed by atoms with E-state index >= 15 is 0 Å². The van der Waals surface area contributed by atoms with E-state index in [0.717, 1.165) is 10.5 Å². The molecule has 1 fully saturated rings. The lowest BCUT2D eigenvalue weighted by Crippen LogP contribution is -2.54. The van der Waals surface area contributed by atoms with Gasteiger partial charge in [0.15, 0.2) is 5.11 Å². The van der Waals surface area contributed by atoms with Crippen molar-refractivity contribution in [2.24, 2.45) is 0 Å². The minimum atomic E-state index is -1.06. The van der Waals surface area contributed by atoms with E-state index in [4.69, 9.17) is 26.1 Å². The second-order valence-corrected chi connectivity index (χ2v) is 7.92. The Bertz CT molecular complexity index is 1410. The average Bonchev–Trinajstić information content (AvgIpc) is 3.30. The number of amides is 2. The largest absolute Gasteiger partial charge is 0.497 e. The van der Waals surface area contributed by atoms with E-state index in [1.807, 2.05) is 6.92 Å². The second-order valence-electron chi connectivity index (χ2n) is 7.53.